The number of rotatable bonds is 7. The Morgan fingerprint density at radius 2 is 1.58 bits per heavy atom. The molecule has 5 rings (SSSR count). The highest BCUT2D eigenvalue weighted by Gasteiger charge is 2.66. The molecule has 4 aliphatic rings. The topological polar surface area (TPSA) is 107 Å². The number of hydrogen-bond acceptors (Lipinski definition) is 6. The smallest absolute Gasteiger partial charge is 0.432 e. The molecule has 0 amide bonds. The van der Waals surface area contributed by atoms with E-state index < -0.39 is 56.3 Å². The van der Waals surface area contributed by atoms with Gasteiger partial charge in [0.2, 0.25) is 0 Å². The summed E-state index contributed by atoms with van der Waals surface area (Å²) in [7, 11) is -1.05. The van der Waals surface area contributed by atoms with Crippen LogP contribution in [0.3, 0.4) is 0 Å². The van der Waals surface area contributed by atoms with E-state index in [0.29, 0.717) is 42.6 Å². The van der Waals surface area contributed by atoms with Crippen LogP contribution in [0.1, 0.15) is 54.4 Å². The maximum atomic E-state index is 13.9. The second-order valence-corrected chi connectivity index (χ2v) is 11.5. The molecule has 0 saturated heterocycles. The Bertz CT molecular complexity index is 1130. The maximum Gasteiger partial charge on any atom is 0.432 e. The molecule has 7 nitrogen and oxygen atoms in total. The average Bonchev–Trinajstić information content (AvgIpc) is 2.74. The van der Waals surface area contributed by atoms with Crippen molar-refractivity contribution in [2.75, 3.05) is 0 Å². The van der Waals surface area contributed by atoms with Crippen LogP contribution in [0.5, 0.6) is 5.75 Å². The number of ether oxygens (including phenoxy) is 2. The van der Waals surface area contributed by atoms with Gasteiger partial charge in [0.15, 0.2) is 0 Å². The third-order valence-electron chi connectivity index (χ3n) is 7.35. The molecule has 0 spiro atoms. The zero-order valence-electron chi connectivity index (χ0n) is 18.8. The first-order valence-electron chi connectivity index (χ1n) is 11.2. The van der Waals surface area contributed by atoms with Crippen molar-refractivity contribution in [1.29, 1.82) is 0 Å². The lowest BCUT2D eigenvalue weighted by Gasteiger charge is -2.55. The van der Waals surface area contributed by atoms with Crippen LogP contribution >= 0.6 is 0 Å². The molecule has 1 aromatic rings. The lowest BCUT2D eigenvalue weighted by Crippen LogP contribution is -2.52. The summed E-state index contributed by atoms with van der Waals surface area (Å²) in [5, 5.41) is -5.89. The molecule has 1 N–H and O–H groups in total. The van der Waals surface area contributed by atoms with E-state index >= 15 is 0 Å². The molecular formula is C22H22BF5O7S. The van der Waals surface area contributed by atoms with Crippen LogP contribution < -0.4 is 4.74 Å². The van der Waals surface area contributed by atoms with Crippen molar-refractivity contribution in [2.45, 2.75) is 62.4 Å². The van der Waals surface area contributed by atoms with Crippen molar-refractivity contribution in [1.82, 2.24) is 0 Å². The second-order valence-electron chi connectivity index (χ2n) is 9.99. The molecule has 0 aliphatic heterocycles. The minimum absolute atomic E-state index is 0.108. The minimum Gasteiger partial charge on any atom is -0.441 e. The summed E-state index contributed by atoms with van der Waals surface area (Å²) in [6, 6.07) is 3.17. The fraction of sp³-hybridized carbons (Fsp3) is 0.636. The van der Waals surface area contributed by atoms with Gasteiger partial charge in [-0.2, -0.15) is 30.4 Å². The van der Waals surface area contributed by atoms with Crippen LogP contribution in [0.2, 0.25) is 0 Å². The molecule has 196 valence electrons. The standard InChI is InChI=1S/C22H22BF5O7S/c23-10-11-1-2-15(17(29)35-18(21(24,25)26)22(27,28)36(31,32)33)16(6-11)34-19(30)20-7-12-3-13(8-20)5-14(4-12)9-20/h1-2,6,12-14,18H,3-5,7-10H2,(H,31,32,33). The molecule has 36 heavy (non-hydrogen) atoms. The second kappa shape index (κ2) is 8.96. The summed E-state index contributed by atoms with van der Waals surface area (Å²) in [5.74, 6) is -2.21. The highest BCUT2D eigenvalue weighted by Crippen LogP contribution is 2.60. The van der Waals surface area contributed by atoms with Crippen LogP contribution in [0, 0.1) is 23.2 Å². The van der Waals surface area contributed by atoms with E-state index in [9.17, 15) is 40.0 Å². The number of hydrogen-bond donors (Lipinski definition) is 1. The number of benzene rings is 1. The summed E-state index contributed by atoms with van der Waals surface area (Å²) in [5.41, 5.74) is -1.32. The van der Waals surface area contributed by atoms with E-state index in [4.69, 9.17) is 17.1 Å². The van der Waals surface area contributed by atoms with E-state index in [1.165, 1.54) is 6.07 Å². The Hall–Kier alpha value is -2.22. The molecule has 0 heterocycles. The lowest BCUT2D eigenvalue weighted by atomic mass is 9.49. The lowest BCUT2D eigenvalue weighted by molar-refractivity contribution is -0.248. The first-order chi connectivity index (χ1) is 16.6. The molecule has 1 aromatic carbocycles. The summed E-state index contributed by atoms with van der Waals surface area (Å²) in [6.07, 6.45) is -5.95. The molecular weight excluding hydrogens is 514 g/mol. The van der Waals surface area contributed by atoms with Crippen molar-refractivity contribution >= 4 is 29.9 Å². The van der Waals surface area contributed by atoms with Crippen LogP contribution in [0.15, 0.2) is 18.2 Å². The third-order valence-corrected chi connectivity index (χ3v) is 8.25. The van der Waals surface area contributed by atoms with Gasteiger partial charge < -0.3 is 9.47 Å². The summed E-state index contributed by atoms with van der Waals surface area (Å²) >= 11 is 0. The fourth-order valence-electron chi connectivity index (χ4n) is 6.15. The largest absolute Gasteiger partial charge is 0.441 e. The molecule has 4 saturated carbocycles. The van der Waals surface area contributed by atoms with Crippen LogP contribution in [0.25, 0.3) is 0 Å². The van der Waals surface area contributed by atoms with Crippen molar-refractivity contribution in [2.24, 2.45) is 23.2 Å². The van der Waals surface area contributed by atoms with E-state index in [2.05, 4.69) is 4.74 Å². The number of carbonyl (C=O) groups excluding carboxylic acids is 2. The quantitative estimate of drug-likeness (QED) is 0.184. The predicted octanol–water partition coefficient (Wildman–Crippen LogP) is 4.05. The Balaban J connectivity index is 1.63. The predicted molar refractivity (Wildman–Crippen MR) is 114 cm³/mol. The maximum absolute atomic E-state index is 13.9. The van der Waals surface area contributed by atoms with Gasteiger partial charge in [-0.05, 0) is 68.4 Å². The molecule has 1 atom stereocenters. The normalized spacial score (nSPS) is 28.6. The Morgan fingerprint density at radius 3 is 2.03 bits per heavy atom. The van der Waals surface area contributed by atoms with Crippen LogP contribution in [0.4, 0.5) is 22.0 Å². The van der Waals surface area contributed by atoms with Gasteiger partial charge in [0.05, 0.1) is 13.3 Å². The molecule has 1 unspecified atom stereocenters. The Morgan fingerprint density at radius 1 is 1.06 bits per heavy atom. The van der Waals surface area contributed by atoms with E-state index in [1.807, 2.05) is 0 Å². The molecule has 0 aromatic heterocycles. The average molecular weight is 536 g/mol. The zero-order valence-corrected chi connectivity index (χ0v) is 19.6. The van der Waals surface area contributed by atoms with Crippen molar-refractivity contribution in [3.63, 3.8) is 0 Å². The number of halogens is 5. The van der Waals surface area contributed by atoms with Gasteiger partial charge in [-0.1, -0.05) is 17.9 Å². The highest BCUT2D eigenvalue weighted by molar-refractivity contribution is 7.86. The van der Waals surface area contributed by atoms with Gasteiger partial charge in [-0.3, -0.25) is 9.35 Å². The van der Waals surface area contributed by atoms with E-state index in [0.717, 1.165) is 31.4 Å². The fourth-order valence-corrected chi connectivity index (χ4v) is 6.60. The molecule has 4 fully saturated rings. The van der Waals surface area contributed by atoms with Gasteiger partial charge in [-0.15, -0.1) is 0 Å². The number of esters is 2. The van der Waals surface area contributed by atoms with Gasteiger partial charge in [0, 0.05) is 0 Å². The van der Waals surface area contributed by atoms with Gasteiger partial charge in [-0.25, -0.2) is 4.79 Å². The molecule has 14 heteroatoms. The number of alkyl halides is 5. The van der Waals surface area contributed by atoms with Crippen molar-refractivity contribution in [3.05, 3.63) is 29.3 Å². The molecule has 4 aliphatic carbocycles. The van der Waals surface area contributed by atoms with Crippen molar-refractivity contribution in [3.8, 4) is 5.75 Å². The van der Waals surface area contributed by atoms with Gasteiger partial charge >= 0.3 is 33.5 Å². The van der Waals surface area contributed by atoms with Crippen molar-refractivity contribution < 1.29 is 54.0 Å². The SMILES string of the molecule is [B]Cc1ccc(C(=O)OC(C(F)(F)F)C(F)(F)S(=O)(=O)O)c(OC(=O)C23CC4CC(CC(C4)C2)C3)c1. The minimum atomic E-state index is -6.61. The van der Waals surface area contributed by atoms with Gasteiger partial charge in [0.25, 0.3) is 6.10 Å². The molecule has 2 radical (unpaired) electrons. The van der Waals surface area contributed by atoms with Gasteiger partial charge in [0.1, 0.15) is 11.3 Å². The Labute approximate surface area is 204 Å². The number of carbonyl (C=O) groups is 2. The first-order valence-corrected chi connectivity index (χ1v) is 12.7. The monoisotopic (exact) mass is 536 g/mol. The van der Waals surface area contributed by atoms with E-state index in [1.54, 1.807) is 0 Å². The first kappa shape index (κ1) is 26.8. The summed E-state index contributed by atoms with van der Waals surface area (Å²) in [4.78, 5) is 25.9. The summed E-state index contributed by atoms with van der Waals surface area (Å²) < 4.78 is 107. The third kappa shape index (κ3) is 4.85. The van der Waals surface area contributed by atoms with E-state index in [-0.39, 0.29) is 6.32 Å². The molecule has 4 bridgehead atoms. The Kier molecular flexibility index (Phi) is 6.68. The summed E-state index contributed by atoms with van der Waals surface area (Å²) in [6.45, 7) is 0. The zero-order chi connectivity index (χ0) is 26.7. The van der Waals surface area contributed by atoms with Crippen LogP contribution in [-0.2, 0) is 26.0 Å². The highest BCUT2D eigenvalue weighted by atomic mass is 32.2. The van der Waals surface area contributed by atoms with Crippen LogP contribution in [-0.4, -0.2) is 50.3 Å².